The average Bonchev–Trinajstić information content (AvgIpc) is 2.91. The lowest BCUT2D eigenvalue weighted by Crippen LogP contribution is -2.10. The van der Waals surface area contributed by atoms with Crippen molar-refractivity contribution in [3.05, 3.63) is 58.3 Å². The topological polar surface area (TPSA) is 46.2 Å². The summed E-state index contributed by atoms with van der Waals surface area (Å²) >= 11 is 1.38. The maximum atomic E-state index is 11.9. The van der Waals surface area contributed by atoms with Gasteiger partial charge in [-0.1, -0.05) is 24.3 Å². The first-order valence-corrected chi connectivity index (χ1v) is 6.17. The monoisotopic (exact) mass is 256 g/mol. The van der Waals surface area contributed by atoms with Gasteiger partial charge in [-0.15, -0.1) is 11.3 Å². The number of para-hydroxylation sites is 1. The lowest BCUT2D eigenvalue weighted by Gasteiger charge is -2.06. The number of anilines is 1. The number of hydrogen-bond acceptors (Lipinski definition) is 3. The molecule has 0 aliphatic carbocycles. The number of rotatable bonds is 4. The smallest absolute Gasteiger partial charge is 0.265 e. The van der Waals surface area contributed by atoms with Crippen molar-refractivity contribution < 1.29 is 9.59 Å². The molecule has 0 saturated carbocycles. The zero-order valence-electron chi connectivity index (χ0n) is 9.42. The molecule has 0 atom stereocenters. The van der Waals surface area contributed by atoms with Gasteiger partial charge in [-0.3, -0.25) is 9.59 Å². The molecule has 18 heavy (non-hydrogen) atoms. The van der Waals surface area contributed by atoms with Crippen molar-refractivity contribution in [2.75, 3.05) is 5.32 Å². The molecule has 2 aromatic rings. The molecule has 0 bridgehead atoms. The van der Waals surface area contributed by atoms with Crippen molar-refractivity contribution >= 4 is 35.3 Å². The molecular formula is C14H10NO2S. The Bertz CT molecular complexity index is 573. The molecule has 0 unspecified atom stereocenters. The molecule has 0 spiro atoms. The fourth-order valence-electron chi connectivity index (χ4n) is 1.47. The van der Waals surface area contributed by atoms with E-state index in [9.17, 15) is 9.59 Å². The first-order chi connectivity index (χ1) is 8.81. The van der Waals surface area contributed by atoms with Gasteiger partial charge in [-0.25, -0.2) is 0 Å². The fourth-order valence-corrected chi connectivity index (χ4v) is 2.09. The summed E-state index contributed by atoms with van der Waals surface area (Å²) in [6.07, 6.45) is 4.57. The van der Waals surface area contributed by atoms with Crippen molar-refractivity contribution in [2.24, 2.45) is 0 Å². The second-order valence-electron chi connectivity index (χ2n) is 3.47. The van der Waals surface area contributed by atoms with Crippen LogP contribution in [0, 0.1) is 0 Å². The second-order valence-corrected chi connectivity index (χ2v) is 4.42. The molecular weight excluding hydrogens is 246 g/mol. The molecule has 0 aliphatic heterocycles. The maximum Gasteiger partial charge on any atom is 0.265 e. The third-order valence-corrected chi connectivity index (χ3v) is 3.15. The third-order valence-electron chi connectivity index (χ3n) is 2.28. The maximum absolute atomic E-state index is 11.9. The highest BCUT2D eigenvalue weighted by atomic mass is 32.1. The number of amides is 1. The Labute approximate surface area is 109 Å². The van der Waals surface area contributed by atoms with Crippen LogP contribution < -0.4 is 5.32 Å². The van der Waals surface area contributed by atoms with Gasteiger partial charge < -0.3 is 5.32 Å². The SMILES string of the molecule is O=[C]/C=C/c1ccccc1NC(=O)c1cccs1. The lowest BCUT2D eigenvalue weighted by molar-refractivity contribution is 0.103. The van der Waals surface area contributed by atoms with E-state index in [0.717, 1.165) is 5.56 Å². The van der Waals surface area contributed by atoms with Crippen LogP contribution in [0.15, 0.2) is 47.9 Å². The molecule has 0 aliphatic rings. The van der Waals surface area contributed by atoms with Crippen LogP contribution >= 0.6 is 11.3 Å². The van der Waals surface area contributed by atoms with Gasteiger partial charge in [0.15, 0.2) is 0 Å². The number of thiophene rings is 1. The van der Waals surface area contributed by atoms with E-state index in [1.54, 1.807) is 24.5 Å². The van der Waals surface area contributed by atoms with E-state index in [2.05, 4.69) is 5.32 Å². The van der Waals surface area contributed by atoms with E-state index in [1.165, 1.54) is 17.4 Å². The minimum absolute atomic E-state index is 0.152. The molecule has 2 rings (SSSR count). The first-order valence-electron chi connectivity index (χ1n) is 5.29. The molecule has 3 nitrogen and oxygen atoms in total. The van der Waals surface area contributed by atoms with Crippen LogP contribution in [0.5, 0.6) is 0 Å². The van der Waals surface area contributed by atoms with Crippen LogP contribution in [0.1, 0.15) is 15.2 Å². The van der Waals surface area contributed by atoms with Crippen molar-refractivity contribution in [1.29, 1.82) is 0 Å². The molecule has 1 heterocycles. The quantitative estimate of drug-likeness (QED) is 0.854. The van der Waals surface area contributed by atoms with Crippen LogP contribution in [-0.2, 0) is 4.79 Å². The summed E-state index contributed by atoms with van der Waals surface area (Å²) in [6.45, 7) is 0. The van der Waals surface area contributed by atoms with Crippen LogP contribution in [0.3, 0.4) is 0 Å². The normalized spacial score (nSPS) is 10.4. The number of allylic oxidation sites excluding steroid dienone is 1. The number of carbonyl (C=O) groups is 1. The van der Waals surface area contributed by atoms with Crippen LogP contribution in [0.25, 0.3) is 6.08 Å². The summed E-state index contributed by atoms with van der Waals surface area (Å²) in [5.41, 5.74) is 1.44. The van der Waals surface area contributed by atoms with Gasteiger partial charge in [-0.05, 0) is 35.2 Å². The van der Waals surface area contributed by atoms with E-state index in [-0.39, 0.29) is 5.91 Å². The Morgan fingerprint density at radius 3 is 2.78 bits per heavy atom. The Morgan fingerprint density at radius 2 is 2.06 bits per heavy atom. The Balaban J connectivity index is 2.21. The van der Waals surface area contributed by atoms with E-state index in [1.807, 2.05) is 29.6 Å². The molecule has 0 saturated heterocycles. The summed E-state index contributed by atoms with van der Waals surface area (Å²) in [4.78, 5) is 22.7. The fraction of sp³-hybridized carbons (Fsp3) is 0. The molecule has 0 fully saturated rings. The third kappa shape index (κ3) is 2.93. The molecule has 1 radical (unpaired) electrons. The molecule has 89 valence electrons. The van der Waals surface area contributed by atoms with Gasteiger partial charge in [0.1, 0.15) is 0 Å². The standard InChI is InChI=1S/C14H10NO2S/c16-9-3-6-11-5-1-2-7-12(11)15-14(17)13-8-4-10-18-13/h1-8,10H,(H,15,17)/b6-3+. The molecule has 1 N–H and O–H groups in total. The van der Waals surface area contributed by atoms with E-state index >= 15 is 0 Å². The highest BCUT2D eigenvalue weighted by Crippen LogP contribution is 2.18. The molecule has 4 heteroatoms. The van der Waals surface area contributed by atoms with Gasteiger partial charge >= 0.3 is 0 Å². The van der Waals surface area contributed by atoms with Crippen LogP contribution in [-0.4, -0.2) is 12.2 Å². The summed E-state index contributed by atoms with van der Waals surface area (Å²) in [7, 11) is 0. The number of carbonyl (C=O) groups excluding carboxylic acids is 2. The molecule has 1 aromatic heterocycles. The van der Waals surface area contributed by atoms with Crippen molar-refractivity contribution in [3.63, 3.8) is 0 Å². The predicted octanol–water partition coefficient (Wildman–Crippen LogP) is 3.12. The van der Waals surface area contributed by atoms with Crippen molar-refractivity contribution in [2.45, 2.75) is 0 Å². The van der Waals surface area contributed by atoms with Gasteiger partial charge in [-0.2, -0.15) is 0 Å². The van der Waals surface area contributed by atoms with Gasteiger partial charge in [0.05, 0.1) is 4.88 Å². The van der Waals surface area contributed by atoms with E-state index in [4.69, 9.17) is 0 Å². The zero-order valence-corrected chi connectivity index (χ0v) is 10.2. The van der Waals surface area contributed by atoms with E-state index in [0.29, 0.717) is 10.6 Å². The van der Waals surface area contributed by atoms with Crippen LogP contribution in [0.4, 0.5) is 5.69 Å². The first kappa shape index (κ1) is 12.3. The van der Waals surface area contributed by atoms with Gasteiger partial charge in [0.2, 0.25) is 6.29 Å². The van der Waals surface area contributed by atoms with Crippen molar-refractivity contribution in [1.82, 2.24) is 0 Å². The number of benzene rings is 1. The Morgan fingerprint density at radius 1 is 1.22 bits per heavy atom. The lowest BCUT2D eigenvalue weighted by atomic mass is 10.1. The largest absolute Gasteiger partial charge is 0.321 e. The van der Waals surface area contributed by atoms with Gasteiger partial charge in [0, 0.05) is 5.69 Å². The predicted molar refractivity (Wildman–Crippen MR) is 73.4 cm³/mol. The van der Waals surface area contributed by atoms with E-state index < -0.39 is 0 Å². The average molecular weight is 256 g/mol. The summed E-state index contributed by atoms with van der Waals surface area (Å²) < 4.78 is 0. The highest BCUT2D eigenvalue weighted by Gasteiger charge is 2.08. The van der Waals surface area contributed by atoms with Crippen molar-refractivity contribution in [3.8, 4) is 0 Å². The molecule has 1 aromatic carbocycles. The zero-order chi connectivity index (χ0) is 12.8. The summed E-state index contributed by atoms with van der Waals surface area (Å²) in [5, 5.41) is 4.66. The minimum atomic E-state index is -0.152. The van der Waals surface area contributed by atoms with Gasteiger partial charge in [0.25, 0.3) is 5.91 Å². The number of hydrogen-bond donors (Lipinski definition) is 1. The van der Waals surface area contributed by atoms with Crippen LogP contribution in [0.2, 0.25) is 0 Å². The molecule has 1 amide bonds. The minimum Gasteiger partial charge on any atom is -0.321 e. The summed E-state index contributed by atoms with van der Waals surface area (Å²) in [6, 6.07) is 10.9. The highest BCUT2D eigenvalue weighted by molar-refractivity contribution is 7.12. The Kier molecular flexibility index (Phi) is 4.04. The second kappa shape index (κ2) is 5.93. The Hall–Kier alpha value is -2.20. The summed E-state index contributed by atoms with van der Waals surface area (Å²) in [5.74, 6) is -0.152. The number of nitrogens with one attached hydrogen (secondary N) is 1.